The maximum Gasteiger partial charge on any atom is 0.416 e. The molecule has 140 valence electrons. The Bertz CT molecular complexity index is 1200. The molecule has 2 aromatic carbocycles. The van der Waals surface area contributed by atoms with Gasteiger partial charge in [0.25, 0.3) is 0 Å². The topological polar surface area (TPSA) is 45.8 Å². The second-order valence-corrected chi connectivity index (χ2v) is 7.17. The van der Waals surface area contributed by atoms with Crippen molar-refractivity contribution in [2.45, 2.75) is 16.0 Å². The minimum absolute atomic E-state index is 0.111. The average molecular weight is 398 g/mol. The van der Waals surface area contributed by atoms with E-state index < -0.39 is 11.7 Å². The molecule has 4 aromatic rings. The Morgan fingerprint density at radius 1 is 0.893 bits per heavy atom. The molecule has 0 aliphatic rings. The summed E-state index contributed by atoms with van der Waals surface area (Å²) in [4.78, 5) is 20.9. The predicted molar refractivity (Wildman–Crippen MR) is 103 cm³/mol. The molecule has 0 atom stereocenters. The number of nitrogens with zero attached hydrogens (tertiary/aromatic N) is 1. The number of halogens is 3. The zero-order valence-electron chi connectivity index (χ0n) is 14.3. The van der Waals surface area contributed by atoms with Crippen molar-refractivity contribution in [3.63, 3.8) is 0 Å². The van der Waals surface area contributed by atoms with E-state index in [1.165, 1.54) is 30.0 Å². The lowest BCUT2D eigenvalue weighted by atomic mass is 10.1. The second kappa shape index (κ2) is 7.16. The van der Waals surface area contributed by atoms with Crippen molar-refractivity contribution in [1.29, 1.82) is 0 Å². The van der Waals surface area contributed by atoms with E-state index in [2.05, 4.69) is 9.97 Å². The minimum atomic E-state index is -4.35. The van der Waals surface area contributed by atoms with Crippen LogP contribution in [0.15, 0.2) is 87.5 Å². The monoisotopic (exact) mass is 398 g/mol. The van der Waals surface area contributed by atoms with E-state index in [9.17, 15) is 18.0 Å². The molecular formula is C21H13F3N2OS. The molecule has 2 heterocycles. The summed E-state index contributed by atoms with van der Waals surface area (Å²) >= 11 is 1.36. The zero-order valence-corrected chi connectivity index (χ0v) is 15.1. The first-order chi connectivity index (χ1) is 13.4. The van der Waals surface area contributed by atoms with Crippen molar-refractivity contribution >= 4 is 22.8 Å². The van der Waals surface area contributed by atoms with Crippen molar-refractivity contribution in [2.24, 2.45) is 0 Å². The molecular weight excluding hydrogens is 385 g/mol. The summed E-state index contributed by atoms with van der Waals surface area (Å²) in [6.07, 6.45) is -2.81. The highest BCUT2D eigenvalue weighted by Gasteiger charge is 2.30. The Hall–Kier alpha value is -3.06. The molecule has 4 rings (SSSR count). The summed E-state index contributed by atoms with van der Waals surface area (Å²) in [6.45, 7) is 0. The number of H-pyrrole nitrogens is 1. The fourth-order valence-electron chi connectivity index (χ4n) is 2.81. The quantitative estimate of drug-likeness (QED) is 0.477. The summed E-state index contributed by atoms with van der Waals surface area (Å²) in [6, 6.07) is 17.5. The van der Waals surface area contributed by atoms with Crippen LogP contribution in [-0.2, 0) is 6.18 Å². The van der Waals surface area contributed by atoms with Crippen molar-refractivity contribution in [1.82, 2.24) is 9.97 Å². The molecule has 3 nitrogen and oxygen atoms in total. The fraction of sp³-hybridized carbons (Fsp3) is 0.0476. The molecule has 2 aromatic heterocycles. The average Bonchev–Trinajstić information content (AvgIpc) is 2.68. The van der Waals surface area contributed by atoms with Gasteiger partial charge in [0, 0.05) is 27.6 Å². The van der Waals surface area contributed by atoms with Gasteiger partial charge >= 0.3 is 6.18 Å². The number of aromatic nitrogens is 2. The van der Waals surface area contributed by atoms with E-state index in [0.717, 1.165) is 22.6 Å². The number of rotatable bonds is 3. The van der Waals surface area contributed by atoms with E-state index in [0.29, 0.717) is 21.6 Å². The van der Waals surface area contributed by atoms with Gasteiger partial charge in [-0.25, -0.2) is 4.98 Å². The van der Waals surface area contributed by atoms with Crippen LogP contribution in [0, 0.1) is 0 Å². The van der Waals surface area contributed by atoms with Crippen molar-refractivity contribution in [3.05, 3.63) is 88.7 Å². The normalized spacial score (nSPS) is 11.7. The molecule has 0 aliphatic carbocycles. The molecule has 0 aliphatic heterocycles. The first-order valence-corrected chi connectivity index (χ1v) is 9.16. The number of alkyl halides is 3. The molecule has 28 heavy (non-hydrogen) atoms. The van der Waals surface area contributed by atoms with Gasteiger partial charge in [-0.3, -0.25) is 4.79 Å². The second-order valence-electron chi connectivity index (χ2n) is 6.05. The maximum absolute atomic E-state index is 12.7. The van der Waals surface area contributed by atoms with Gasteiger partial charge in [-0.15, -0.1) is 0 Å². The van der Waals surface area contributed by atoms with Crippen molar-refractivity contribution < 1.29 is 13.2 Å². The lowest BCUT2D eigenvalue weighted by Gasteiger charge is -2.11. The Morgan fingerprint density at radius 2 is 1.64 bits per heavy atom. The number of fused-ring (bicyclic) bond motifs is 1. The van der Waals surface area contributed by atoms with Gasteiger partial charge in [-0.2, -0.15) is 13.2 Å². The Morgan fingerprint density at radius 3 is 2.39 bits per heavy atom. The SMILES string of the molecule is O=c1cc[nH]c2nc(-c3ccccc3Sc3ccc(C(F)(F)F)cc3)ccc12. The van der Waals surface area contributed by atoms with Crippen LogP contribution in [0.5, 0.6) is 0 Å². The minimum Gasteiger partial charge on any atom is -0.346 e. The molecule has 0 radical (unpaired) electrons. The van der Waals surface area contributed by atoms with Gasteiger partial charge in [0.05, 0.1) is 16.6 Å². The van der Waals surface area contributed by atoms with E-state index in [4.69, 9.17) is 0 Å². The smallest absolute Gasteiger partial charge is 0.346 e. The first-order valence-electron chi connectivity index (χ1n) is 8.35. The molecule has 7 heteroatoms. The van der Waals surface area contributed by atoms with Crippen molar-refractivity contribution in [3.8, 4) is 11.3 Å². The van der Waals surface area contributed by atoms with Crippen LogP contribution in [0.3, 0.4) is 0 Å². The molecule has 0 spiro atoms. The van der Waals surface area contributed by atoms with Gasteiger partial charge in [-0.1, -0.05) is 30.0 Å². The largest absolute Gasteiger partial charge is 0.416 e. The van der Waals surface area contributed by atoms with E-state index >= 15 is 0 Å². The lowest BCUT2D eigenvalue weighted by Crippen LogP contribution is -2.03. The molecule has 1 N–H and O–H groups in total. The van der Waals surface area contributed by atoms with Crippen LogP contribution in [0.25, 0.3) is 22.3 Å². The summed E-state index contributed by atoms with van der Waals surface area (Å²) < 4.78 is 38.2. The standard InChI is InChI=1S/C21H13F3N2OS/c22-21(23,24)13-5-7-14(8-6-13)28-19-4-2-1-3-15(19)17-10-9-16-18(27)11-12-25-20(16)26-17/h1-12H,(H,25,26,27). The van der Waals surface area contributed by atoms with E-state index in [1.54, 1.807) is 18.3 Å². The highest BCUT2D eigenvalue weighted by Crippen LogP contribution is 2.37. The number of hydrogen-bond acceptors (Lipinski definition) is 3. The van der Waals surface area contributed by atoms with Gasteiger partial charge in [0.1, 0.15) is 5.65 Å². The first kappa shape index (κ1) is 18.3. The summed E-state index contributed by atoms with van der Waals surface area (Å²) in [7, 11) is 0. The number of benzene rings is 2. The Kier molecular flexibility index (Phi) is 4.68. The summed E-state index contributed by atoms with van der Waals surface area (Å²) in [5, 5.41) is 0.499. The summed E-state index contributed by atoms with van der Waals surface area (Å²) in [5.74, 6) is 0. The number of aromatic amines is 1. The van der Waals surface area contributed by atoms with Crippen LogP contribution < -0.4 is 5.43 Å². The van der Waals surface area contributed by atoms with Gasteiger partial charge in [0.15, 0.2) is 5.43 Å². The lowest BCUT2D eigenvalue weighted by molar-refractivity contribution is -0.137. The third kappa shape index (κ3) is 3.66. The summed E-state index contributed by atoms with van der Waals surface area (Å²) in [5.41, 5.74) is 1.20. The Labute approximate surface area is 162 Å². The van der Waals surface area contributed by atoms with Gasteiger partial charge < -0.3 is 4.98 Å². The molecule has 0 amide bonds. The predicted octanol–water partition coefficient (Wildman–Crippen LogP) is 5.76. The molecule has 0 fully saturated rings. The van der Waals surface area contributed by atoms with Crippen LogP contribution in [0.1, 0.15) is 5.56 Å². The molecule has 0 saturated heterocycles. The van der Waals surface area contributed by atoms with Crippen LogP contribution in [0.2, 0.25) is 0 Å². The maximum atomic E-state index is 12.7. The number of hydrogen-bond donors (Lipinski definition) is 1. The zero-order chi connectivity index (χ0) is 19.7. The van der Waals surface area contributed by atoms with Crippen molar-refractivity contribution in [2.75, 3.05) is 0 Å². The Balaban J connectivity index is 1.70. The number of nitrogens with one attached hydrogen (secondary N) is 1. The van der Waals surface area contributed by atoms with Gasteiger partial charge in [0.2, 0.25) is 0 Å². The molecule has 0 unspecified atom stereocenters. The van der Waals surface area contributed by atoms with E-state index in [1.807, 2.05) is 24.3 Å². The fourth-order valence-corrected chi connectivity index (χ4v) is 3.77. The third-order valence-corrected chi connectivity index (χ3v) is 5.27. The highest BCUT2D eigenvalue weighted by molar-refractivity contribution is 7.99. The van der Waals surface area contributed by atoms with Crippen LogP contribution in [-0.4, -0.2) is 9.97 Å². The number of pyridine rings is 2. The van der Waals surface area contributed by atoms with Gasteiger partial charge in [-0.05, 0) is 42.5 Å². The molecule has 0 saturated carbocycles. The van der Waals surface area contributed by atoms with E-state index in [-0.39, 0.29) is 5.43 Å². The van der Waals surface area contributed by atoms with Crippen LogP contribution in [0.4, 0.5) is 13.2 Å². The molecule has 0 bridgehead atoms. The third-order valence-electron chi connectivity index (χ3n) is 4.19. The van der Waals surface area contributed by atoms with Crippen LogP contribution >= 0.6 is 11.8 Å². The highest BCUT2D eigenvalue weighted by atomic mass is 32.2.